The number of benzene rings is 2. The predicted octanol–water partition coefficient (Wildman–Crippen LogP) is 3.78. The molecule has 0 bridgehead atoms. The number of hydrogen-bond acceptors (Lipinski definition) is 2. The largest absolute Gasteiger partial charge is 0.360 e. The van der Waals surface area contributed by atoms with Crippen LogP contribution in [0.5, 0.6) is 0 Å². The molecule has 1 N–H and O–H groups in total. The Morgan fingerprint density at radius 2 is 1.74 bits per heavy atom. The summed E-state index contributed by atoms with van der Waals surface area (Å²) in [5, 5.41) is 2.21. The van der Waals surface area contributed by atoms with E-state index in [0.717, 1.165) is 33.2 Å². The molecule has 0 saturated carbocycles. The third-order valence-corrected chi connectivity index (χ3v) is 3.32. The van der Waals surface area contributed by atoms with Gasteiger partial charge in [-0.15, -0.1) is 0 Å². The molecule has 0 saturated heterocycles. The van der Waals surface area contributed by atoms with E-state index >= 15 is 0 Å². The molecule has 0 radical (unpaired) electrons. The van der Waals surface area contributed by atoms with E-state index < -0.39 is 0 Å². The SMILES string of the molecule is c1ccc2nc(-c3c[nH]c4ccccc34)ncc2c1. The molecule has 0 aliphatic heterocycles. The number of para-hydroxylation sites is 2. The van der Waals surface area contributed by atoms with E-state index in [2.05, 4.69) is 27.1 Å². The summed E-state index contributed by atoms with van der Waals surface area (Å²) in [4.78, 5) is 12.4. The Bertz CT molecular complexity index is 877. The summed E-state index contributed by atoms with van der Waals surface area (Å²) in [5.41, 5.74) is 3.12. The highest BCUT2D eigenvalue weighted by atomic mass is 14.9. The van der Waals surface area contributed by atoms with Crippen LogP contribution < -0.4 is 0 Å². The lowest BCUT2D eigenvalue weighted by molar-refractivity contribution is 1.23. The first-order chi connectivity index (χ1) is 9.42. The molecule has 2 heterocycles. The smallest absolute Gasteiger partial charge is 0.161 e. The Morgan fingerprint density at radius 1 is 0.895 bits per heavy atom. The Morgan fingerprint density at radius 3 is 2.74 bits per heavy atom. The van der Waals surface area contributed by atoms with Crippen molar-refractivity contribution in [2.24, 2.45) is 0 Å². The van der Waals surface area contributed by atoms with Gasteiger partial charge in [-0.1, -0.05) is 36.4 Å². The molecular weight excluding hydrogens is 234 g/mol. The lowest BCUT2D eigenvalue weighted by atomic mass is 10.1. The second-order valence-corrected chi connectivity index (χ2v) is 4.50. The van der Waals surface area contributed by atoms with Crippen LogP contribution in [0.1, 0.15) is 0 Å². The monoisotopic (exact) mass is 245 g/mol. The number of nitrogens with one attached hydrogen (secondary N) is 1. The third kappa shape index (κ3) is 1.59. The summed E-state index contributed by atoms with van der Waals surface area (Å²) in [6.07, 6.45) is 3.84. The van der Waals surface area contributed by atoms with E-state index in [0.29, 0.717) is 0 Å². The molecule has 2 aromatic carbocycles. The molecule has 0 spiro atoms. The number of H-pyrrole nitrogens is 1. The molecule has 0 unspecified atom stereocenters. The number of fused-ring (bicyclic) bond motifs is 2. The molecule has 0 aliphatic carbocycles. The van der Waals surface area contributed by atoms with E-state index in [-0.39, 0.29) is 0 Å². The first-order valence-electron chi connectivity index (χ1n) is 6.20. The van der Waals surface area contributed by atoms with Crippen LogP contribution in [0, 0.1) is 0 Å². The van der Waals surface area contributed by atoms with Gasteiger partial charge in [-0.3, -0.25) is 0 Å². The number of hydrogen-bond donors (Lipinski definition) is 1. The summed E-state index contributed by atoms with van der Waals surface area (Å²) in [6, 6.07) is 16.2. The average Bonchev–Trinajstić information content (AvgIpc) is 2.91. The van der Waals surface area contributed by atoms with Crippen LogP contribution in [-0.2, 0) is 0 Å². The zero-order valence-electron chi connectivity index (χ0n) is 10.2. The van der Waals surface area contributed by atoms with E-state index in [1.54, 1.807) is 0 Å². The first-order valence-corrected chi connectivity index (χ1v) is 6.20. The van der Waals surface area contributed by atoms with Gasteiger partial charge in [0.05, 0.1) is 5.52 Å². The molecule has 90 valence electrons. The van der Waals surface area contributed by atoms with E-state index in [9.17, 15) is 0 Å². The van der Waals surface area contributed by atoms with Crippen molar-refractivity contribution >= 4 is 21.8 Å². The fraction of sp³-hybridized carbons (Fsp3) is 0. The molecule has 0 fully saturated rings. The summed E-state index contributed by atoms with van der Waals surface area (Å²) in [5.74, 6) is 0.760. The van der Waals surface area contributed by atoms with Gasteiger partial charge < -0.3 is 4.98 Å². The second kappa shape index (κ2) is 3.92. The van der Waals surface area contributed by atoms with Crippen molar-refractivity contribution in [2.75, 3.05) is 0 Å². The number of aromatic nitrogens is 3. The summed E-state index contributed by atoms with van der Waals surface area (Å²) in [6.45, 7) is 0. The molecule has 2 aromatic heterocycles. The standard InChI is InChI=1S/C16H11N3/c1-3-7-14-11(5-1)9-18-16(19-14)13-10-17-15-8-4-2-6-12(13)15/h1-10,17H. The minimum atomic E-state index is 0.760. The zero-order chi connectivity index (χ0) is 12.7. The van der Waals surface area contributed by atoms with Gasteiger partial charge >= 0.3 is 0 Å². The van der Waals surface area contributed by atoms with Crippen LogP contribution in [0.4, 0.5) is 0 Å². The first kappa shape index (κ1) is 10.3. The van der Waals surface area contributed by atoms with Gasteiger partial charge in [-0.2, -0.15) is 0 Å². The third-order valence-electron chi connectivity index (χ3n) is 3.32. The van der Waals surface area contributed by atoms with Crippen LogP contribution >= 0.6 is 0 Å². The van der Waals surface area contributed by atoms with Crippen LogP contribution in [0.3, 0.4) is 0 Å². The molecule has 4 aromatic rings. The highest BCUT2D eigenvalue weighted by Crippen LogP contribution is 2.26. The van der Waals surface area contributed by atoms with Crippen LogP contribution in [0.2, 0.25) is 0 Å². The minimum Gasteiger partial charge on any atom is -0.360 e. The van der Waals surface area contributed by atoms with Gasteiger partial charge in [0, 0.05) is 34.2 Å². The number of aromatic amines is 1. The van der Waals surface area contributed by atoms with Crippen molar-refractivity contribution in [3.05, 3.63) is 60.9 Å². The normalized spacial score (nSPS) is 11.2. The van der Waals surface area contributed by atoms with E-state index in [1.165, 1.54) is 0 Å². The van der Waals surface area contributed by atoms with Gasteiger partial charge in [-0.05, 0) is 12.1 Å². The van der Waals surface area contributed by atoms with Gasteiger partial charge in [0.15, 0.2) is 5.82 Å². The molecule has 0 amide bonds. The molecular formula is C16H11N3. The van der Waals surface area contributed by atoms with E-state index in [1.807, 2.05) is 48.8 Å². The molecule has 3 nitrogen and oxygen atoms in total. The minimum absolute atomic E-state index is 0.760. The lowest BCUT2D eigenvalue weighted by Gasteiger charge is -2.00. The maximum Gasteiger partial charge on any atom is 0.161 e. The van der Waals surface area contributed by atoms with Gasteiger partial charge in [0.1, 0.15) is 0 Å². The van der Waals surface area contributed by atoms with Crippen molar-refractivity contribution in [1.29, 1.82) is 0 Å². The van der Waals surface area contributed by atoms with Gasteiger partial charge in [-0.25, -0.2) is 9.97 Å². The van der Waals surface area contributed by atoms with Crippen molar-refractivity contribution in [1.82, 2.24) is 15.0 Å². The Balaban J connectivity index is 1.99. The number of rotatable bonds is 1. The van der Waals surface area contributed by atoms with Crippen molar-refractivity contribution in [3.8, 4) is 11.4 Å². The maximum atomic E-state index is 4.64. The molecule has 19 heavy (non-hydrogen) atoms. The Labute approximate surface area is 110 Å². The van der Waals surface area contributed by atoms with Crippen molar-refractivity contribution in [2.45, 2.75) is 0 Å². The van der Waals surface area contributed by atoms with E-state index in [4.69, 9.17) is 0 Å². The maximum absolute atomic E-state index is 4.64. The fourth-order valence-electron chi connectivity index (χ4n) is 2.36. The summed E-state index contributed by atoms with van der Waals surface area (Å²) >= 11 is 0. The topological polar surface area (TPSA) is 41.6 Å². The van der Waals surface area contributed by atoms with Crippen molar-refractivity contribution in [3.63, 3.8) is 0 Å². The van der Waals surface area contributed by atoms with Crippen LogP contribution in [0.15, 0.2) is 60.9 Å². The summed E-state index contributed by atoms with van der Waals surface area (Å²) < 4.78 is 0. The molecule has 3 heteroatoms. The highest BCUT2D eigenvalue weighted by molar-refractivity contribution is 5.94. The highest BCUT2D eigenvalue weighted by Gasteiger charge is 2.08. The summed E-state index contributed by atoms with van der Waals surface area (Å²) in [7, 11) is 0. The Kier molecular flexibility index (Phi) is 2.12. The molecule has 0 atom stereocenters. The quantitative estimate of drug-likeness (QED) is 0.554. The van der Waals surface area contributed by atoms with Crippen LogP contribution in [-0.4, -0.2) is 15.0 Å². The average molecular weight is 245 g/mol. The molecule has 4 rings (SSSR count). The molecule has 0 aliphatic rings. The van der Waals surface area contributed by atoms with Gasteiger partial charge in [0.25, 0.3) is 0 Å². The lowest BCUT2D eigenvalue weighted by Crippen LogP contribution is -1.88. The Hall–Kier alpha value is -2.68. The fourth-order valence-corrected chi connectivity index (χ4v) is 2.36. The zero-order valence-corrected chi connectivity index (χ0v) is 10.2. The van der Waals surface area contributed by atoms with Crippen LogP contribution in [0.25, 0.3) is 33.2 Å². The number of nitrogens with zero attached hydrogens (tertiary/aromatic N) is 2. The van der Waals surface area contributed by atoms with Crippen molar-refractivity contribution < 1.29 is 0 Å². The van der Waals surface area contributed by atoms with Gasteiger partial charge in [0.2, 0.25) is 0 Å². The second-order valence-electron chi connectivity index (χ2n) is 4.50. The predicted molar refractivity (Wildman–Crippen MR) is 76.8 cm³/mol.